The third-order valence-corrected chi connectivity index (χ3v) is 5.73. The molecule has 2 heterocycles. The maximum Gasteiger partial charge on any atom is 0.321 e. The minimum atomic E-state index is -0.181. The van der Waals surface area contributed by atoms with Crippen molar-refractivity contribution < 1.29 is 19.1 Å². The van der Waals surface area contributed by atoms with Gasteiger partial charge in [-0.1, -0.05) is 11.6 Å². The molecule has 2 aliphatic rings. The van der Waals surface area contributed by atoms with E-state index in [4.69, 9.17) is 21.1 Å². The Balaban J connectivity index is 1.59. The molecule has 2 aliphatic heterocycles. The largest absolute Gasteiger partial charge is 0.495 e. The van der Waals surface area contributed by atoms with Crippen LogP contribution in [0.1, 0.15) is 32.6 Å². The van der Waals surface area contributed by atoms with Gasteiger partial charge in [0.2, 0.25) is 5.91 Å². The first-order valence-electron chi connectivity index (χ1n) is 9.75. The molecule has 3 amide bonds. The fourth-order valence-electron chi connectivity index (χ4n) is 4.09. The second-order valence-corrected chi connectivity index (χ2v) is 7.70. The van der Waals surface area contributed by atoms with E-state index in [0.29, 0.717) is 42.8 Å². The number of anilines is 1. The zero-order valence-corrected chi connectivity index (χ0v) is 17.2. The van der Waals surface area contributed by atoms with E-state index in [1.54, 1.807) is 37.1 Å². The number of urea groups is 1. The summed E-state index contributed by atoms with van der Waals surface area (Å²) >= 11 is 6.03. The van der Waals surface area contributed by atoms with Crippen LogP contribution in [0.25, 0.3) is 0 Å². The van der Waals surface area contributed by atoms with Crippen LogP contribution in [0.5, 0.6) is 5.75 Å². The van der Waals surface area contributed by atoms with Gasteiger partial charge < -0.3 is 24.6 Å². The number of methoxy groups -OCH3 is 1. The van der Waals surface area contributed by atoms with E-state index in [2.05, 4.69) is 5.32 Å². The molecule has 0 radical (unpaired) electrons. The summed E-state index contributed by atoms with van der Waals surface area (Å²) in [6.07, 6.45) is 3.32. The van der Waals surface area contributed by atoms with Gasteiger partial charge in [0.1, 0.15) is 5.75 Å². The molecule has 0 saturated carbocycles. The molecule has 0 bridgehead atoms. The summed E-state index contributed by atoms with van der Waals surface area (Å²) in [4.78, 5) is 28.7. The third-order valence-electron chi connectivity index (χ3n) is 5.50. The Morgan fingerprint density at radius 3 is 2.43 bits per heavy atom. The van der Waals surface area contributed by atoms with Crippen molar-refractivity contribution in [3.8, 4) is 5.75 Å². The molecule has 1 N–H and O–H groups in total. The van der Waals surface area contributed by atoms with Crippen LogP contribution in [0.15, 0.2) is 18.2 Å². The number of benzene rings is 1. The number of hydrogen-bond acceptors (Lipinski definition) is 4. The van der Waals surface area contributed by atoms with E-state index in [0.717, 1.165) is 25.7 Å². The number of nitrogens with zero attached hydrogens (tertiary/aromatic N) is 2. The van der Waals surface area contributed by atoms with Crippen molar-refractivity contribution >= 4 is 29.2 Å². The molecular formula is C20H28ClN3O4. The summed E-state index contributed by atoms with van der Waals surface area (Å²) in [5, 5.41) is 3.41. The average molecular weight is 410 g/mol. The maximum atomic E-state index is 12.7. The number of nitrogens with one attached hydrogen (secondary N) is 1. The van der Waals surface area contributed by atoms with Crippen molar-refractivity contribution in [2.45, 2.75) is 44.7 Å². The van der Waals surface area contributed by atoms with E-state index in [-0.39, 0.29) is 24.0 Å². The van der Waals surface area contributed by atoms with Crippen molar-refractivity contribution in [2.75, 3.05) is 38.7 Å². The minimum absolute atomic E-state index is 0.110. The number of rotatable bonds is 4. The van der Waals surface area contributed by atoms with Gasteiger partial charge in [-0.15, -0.1) is 0 Å². The Labute approximate surface area is 170 Å². The molecule has 1 aromatic rings. The molecule has 8 heteroatoms. The lowest BCUT2D eigenvalue weighted by atomic mass is 9.98. The summed E-state index contributed by atoms with van der Waals surface area (Å²) in [7, 11) is 1.55. The molecule has 0 unspecified atom stereocenters. The smallest absolute Gasteiger partial charge is 0.321 e. The fourth-order valence-corrected chi connectivity index (χ4v) is 4.27. The van der Waals surface area contributed by atoms with Crippen molar-refractivity contribution in [3.05, 3.63) is 23.2 Å². The molecule has 0 atom stereocenters. The van der Waals surface area contributed by atoms with Gasteiger partial charge in [0.25, 0.3) is 0 Å². The number of ether oxygens (including phenoxy) is 2. The highest BCUT2D eigenvalue weighted by Crippen LogP contribution is 2.29. The molecule has 7 nitrogen and oxygen atoms in total. The molecule has 154 valence electrons. The van der Waals surface area contributed by atoms with Gasteiger partial charge in [-0.2, -0.15) is 0 Å². The van der Waals surface area contributed by atoms with Crippen LogP contribution in [0.2, 0.25) is 5.02 Å². The number of piperidine rings is 1. The summed E-state index contributed by atoms with van der Waals surface area (Å²) < 4.78 is 10.7. The second kappa shape index (κ2) is 9.47. The Morgan fingerprint density at radius 2 is 1.82 bits per heavy atom. The first-order valence-corrected chi connectivity index (χ1v) is 10.1. The van der Waals surface area contributed by atoms with Gasteiger partial charge in [-0.25, -0.2) is 4.79 Å². The first kappa shape index (κ1) is 20.7. The monoisotopic (exact) mass is 409 g/mol. The second-order valence-electron chi connectivity index (χ2n) is 7.26. The summed E-state index contributed by atoms with van der Waals surface area (Å²) in [6, 6.07) is 5.35. The molecule has 28 heavy (non-hydrogen) atoms. The lowest BCUT2D eigenvalue weighted by Gasteiger charge is -2.43. The van der Waals surface area contributed by atoms with Crippen LogP contribution < -0.4 is 10.1 Å². The molecule has 0 aliphatic carbocycles. The quantitative estimate of drug-likeness (QED) is 0.827. The van der Waals surface area contributed by atoms with E-state index < -0.39 is 0 Å². The van der Waals surface area contributed by atoms with E-state index >= 15 is 0 Å². The third kappa shape index (κ3) is 4.89. The van der Waals surface area contributed by atoms with Crippen LogP contribution >= 0.6 is 11.6 Å². The molecular weight excluding hydrogens is 382 g/mol. The molecule has 1 aromatic carbocycles. The van der Waals surface area contributed by atoms with Crippen LogP contribution in [-0.4, -0.2) is 67.2 Å². The van der Waals surface area contributed by atoms with Gasteiger partial charge in [0.15, 0.2) is 0 Å². The first-order chi connectivity index (χ1) is 13.5. The van der Waals surface area contributed by atoms with E-state index in [1.165, 1.54) is 0 Å². The lowest BCUT2D eigenvalue weighted by molar-refractivity contribution is -0.137. The van der Waals surface area contributed by atoms with E-state index in [9.17, 15) is 9.59 Å². The number of amides is 3. The zero-order chi connectivity index (χ0) is 20.1. The Morgan fingerprint density at radius 1 is 1.18 bits per heavy atom. The van der Waals surface area contributed by atoms with Crippen molar-refractivity contribution in [3.63, 3.8) is 0 Å². The maximum absolute atomic E-state index is 12.7. The lowest BCUT2D eigenvalue weighted by Crippen LogP contribution is -2.53. The molecule has 2 fully saturated rings. The van der Waals surface area contributed by atoms with Crippen molar-refractivity contribution in [1.29, 1.82) is 0 Å². The minimum Gasteiger partial charge on any atom is -0.495 e. The predicted molar refractivity (Wildman–Crippen MR) is 108 cm³/mol. The Kier molecular flexibility index (Phi) is 7.02. The molecule has 0 spiro atoms. The Hall–Kier alpha value is -1.99. The highest BCUT2D eigenvalue weighted by molar-refractivity contribution is 6.31. The highest BCUT2D eigenvalue weighted by Gasteiger charge is 2.33. The normalized spacial score (nSPS) is 18.6. The summed E-state index contributed by atoms with van der Waals surface area (Å²) in [5.74, 6) is 0.674. The number of carbonyl (C=O) groups is 2. The van der Waals surface area contributed by atoms with Gasteiger partial charge in [0.05, 0.1) is 12.8 Å². The molecule has 0 aromatic heterocycles. The highest BCUT2D eigenvalue weighted by atomic mass is 35.5. The van der Waals surface area contributed by atoms with Crippen LogP contribution in [0.3, 0.4) is 0 Å². The molecule has 3 rings (SSSR count). The topological polar surface area (TPSA) is 71.1 Å². The van der Waals surface area contributed by atoms with Gasteiger partial charge in [-0.3, -0.25) is 4.79 Å². The number of carbonyl (C=O) groups excluding carboxylic acids is 2. The Bertz CT molecular complexity index is 701. The zero-order valence-electron chi connectivity index (χ0n) is 16.4. The average Bonchev–Trinajstić information content (AvgIpc) is 2.69. The van der Waals surface area contributed by atoms with Gasteiger partial charge >= 0.3 is 6.03 Å². The fraction of sp³-hybridized carbons (Fsp3) is 0.600. The van der Waals surface area contributed by atoms with Crippen molar-refractivity contribution in [2.24, 2.45) is 0 Å². The standard InChI is InChI=1S/C20H28ClN3O4/c1-14(25)24(17-7-11-28-12-8-17)16-5-9-23(10-6-16)20(26)22-18-13-15(21)3-4-19(18)27-2/h3-4,13,16-17H,5-12H2,1-2H3,(H,22,26). The summed E-state index contributed by atoms with van der Waals surface area (Å²) in [6.45, 7) is 4.26. The van der Waals surface area contributed by atoms with Gasteiger partial charge in [-0.05, 0) is 43.9 Å². The van der Waals surface area contributed by atoms with Gasteiger partial charge in [0, 0.05) is 50.3 Å². The van der Waals surface area contributed by atoms with Crippen LogP contribution in [0.4, 0.5) is 10.5 Å². The number of likely N-dealkylation sites (tertiary alicyclic amines) is 1. The van der Waals surface area contributed by atoms with E-state index in [1.807, 2.05) is 4.90 Å². The predicted octanol–water partition coefficient (Wildman–Crippen LogP) is 3.37. The number of halogens is 1. The van der Waals surface area contributed by atoms with Crippen LogP contribution in [-0.2, 0) is 9.53 Å². The van der Waals surface area contributed by atoms with Crippen molar-refractivity contribution in [1.82, 2.24) is 9.80 Å². The SMILES string of the molecule is COc1ccc(Cl)cc1NC(=O)N1CCC(N(C(C)=O)C2CCOCC2)CC1. The van der Waals surface area contributed by atoms with Crippen LogP contribution in [0, 0.1) is 0 Å². The number of hydrogen-bond donors (Lipinski definition) is 1. The molecule has 2 saturated heterocycles. The summed E-state index contributed by atoms with van der Waals surface area (Å²) in [5.41, 5.74) is 0.551.